The second-order valence-corrected chi connectivity index (χ2v) is 5.62. The van der Waals surface area contributed by atoms with Gasteiger partial charge in [0.1, 0.15) is 0 Å². The van der Waals surface area contributed by atoms with Crippen molar-refractivity contribution >= 4 is 0 Å². The molecule has 1 aliphatic rings. The second kappa shape index (κ2) is 7.58. The maximum atomic E-state index is 3.63. The monoisotopic (exact) mass is 245 g/mol. The lowest BCUT2D eigenvalue weighted by molar-refractivity contribution is 0.297. The summed E-state index contributed by atoms with van der Waals surface area (Å²) in [5, 5.41) is 3.63. The highest BCUT2D eigenvalue weighted by Gasteiger charge is 2.24. The summed E-state index contributed by atoms with van der Waals surface area (Å²) < 4.78 is 0. The normalized spacial score (nSPS) is 18.7. The highest BCUT2D eigenvalue weighted by atomic mass is 14.9. The van der Waals surface area contributed by atoms with Crippen LogP contribution in [0.1, 0.15) is 56.9 Å². The molecule has 1 aliphatic carbocycles. The van der Waals surface area contributed by atoms with E-state index in [1.54, 1.807) is 0 Å². The van der Waals surface area contributed by atoms with E-state index in [2.05, 4.69) is 42.6 Å². The van der Waals surface area contributed by atoms with E-state index in [1.165, 1.54) is 44.1 Å². The molecule has 1 unspecified atom stereocenters. The van der Waals surface area contributed by atoms with Crippen molar-refractivity contribution in [1.29, 1.82) is 0 Å². The fourth-order valence-electron chi connectivity index (χ4n) is 3.23. The van der Waals surface area contributed by atoms with Crippen LogP contribution in [0.2, 0.25) is 0 Å². The van der Waals surface area contributed by atoms with Crippen molar-refractivity contribution in [3.63, 3.8) is 0 Å². The standard InChI is InChI=1S/C17H27N/c1-2-13-18-14-17(15-9-5-3-6-10-15)16-11-7-4-8-12-16/h3,5-6,9-10,16-18H,2,4,7-8,11-14H2,1H3. The van der Waals surface area contributed by atoms with Gasteiger partial charge in [0.15, 0.2) is 0 Å². The smallest absolute Gasteiger partial charge is 0.00228 e. The van der Waals surface area contributed by atoms with Crippen LogP contribution in [-0.4, -0.2) is 13.1 Å². The maximum Gasteiger partial charge on any atom is 0.00228 e. The van der Waals surface area contributed by atoms with Crippen molar-refractivity contribution < 1.29 is 0 Å². The van der Waals surface area contributed by atoms with Crippen LogP contribution in [0.4, 0.5) is 0 Å². The Kier molecular flexibility index (Phi) is 5.73. The Labute approximate surface area is 112 Å². The quantitative estimate of drug-likeness (QED) is 0.735. The Morgan fingerprint density at radius 2 is 1.83 bits per heavy atom. The van der Waals surface area contributed by atoms with Crippen LogP contribution in [0.5, 0.6) is 0 Å². The van der Waals surface area contributed by atoms with Crippen LogP contribution < -0.4 is 5.32 Å². The molecular formula is C17H27N. The van der Waals surface area contributed by atoms with Gasteiger partial charge < -0.3 is 5.32 Å². The van der Waals surface area contributed by atoms with Crippen molar-refractivity contribution in [2.45, 2.75) is 51.4 Å². The van der Waals surface area contributed by atoms with Crippen molar-refractivity contribution in [3.05, 3.63) is 35.9 Å². The molecule has 1 atom stereocenters. The average molecular weight is 245 g/mol. The molecule has 0 aliphatic heterocycles. The predicted octanol–water partition coefficient (Wildman–Crippen LogP) is 4.35. The summed E-state index contributed by atoms with van der Waals surface area (Å²) in [6, 6.07) is 11.1. The molecule has 1 fully saturated rings. The zero-order chi connectivity index (χ0) is 12.6. The lowest BCUT2D eigenvalue weighted by Crippen LogP contribution is -2.28. The molecule has 1 heteroatoms. The highest BCUT2D eigenvalue weighted by molar-refractivity contribution is 5.21. The van der Waals surface area contributed by atoms with E-state index in [9.17, 15) is 0 Å². The van der Waals surface area contributed by atoms with Gasteiger partial charge in [-0.1, -0.05) is 56.5 Å². The third-order valence-corrected chi connectivity index (χ3v) is 4.24. The number of benzene rings is 1. The molecule has 18 heavy (non-hydrogen) atoms. The van der Waals surface area contributed by atoms with E-state index in [0.29, 0.717) is 0 Å². The van der Waals surface area contributed by atoms with Crippen molar-refractivity contribution in [2.24, 2.45) is 5.92 Å². The molecule has 0 aromatic heterocycles. The van der Waals surface area contributed by atoms with Crippen LogP contribution in [0, 0.1) is 5.92 Å². The van der Waals surface area contributed by atoms with Gasteiger partial charge in [0, 0.05) is 6.54 Å². The third kappa shape index (κ3) is 3.84. The van der Waals surface area contributed by atoms with Gasteiger partial charge in [-0.15, -0.1) is 0 Å². The number of hydrogen-bond acceptors (Lipinski definition) is 1. The fraction of sp³-hybridized carbons (Fsp3) is 0.647. The minimum atomic E-state index is 0.720. The van der Waals surface area contributed by atoms with Crippen LogP contribution in [0.15, 0.2) is 30.3 Å². The third-order valence-electron chi connectivity index (χ3n) is 4.24. The molecule has 1 N–H and O–H groups in total. The van der Waals surface area contributed by atoms with Gasteiger partial charge in [-0.25, -0.2) is 0 Å². The fourth-order valence-corrected chi connectivity index (χ4v) is 3.23. The Morgan fingerprint density at radius 1 is 1.11 bits per heavy atom. The molecule has 1 aromatic rings. The summed E-state index contributed by atoms with van der Waals surface area (Å²) in [6.07, 6.45) is 8.39. The molecule has 1 saturated carbocycles. The van der Waals surface area contributed by atoms with E-state index in [1.807, 2.05) is 0 Å². The average Bonchev–Trinajstić information content (AvgIpc) is 2.46. The summed E-state index contributed by atoms with van der Waals surface area (Å²) in [7, 11) is 0. The van der Waals surface area contributed by atoms with Crippen molar-refractivity contribution in [1.82, 2.24) is 5.32 Å². The molecule has 0 heterocycles. The van der Waals surface area contributed by atoms with E-state index < -0.39 is 0 Å². The van der Waals surface area contributed by atoms with Gasteiger partial charge in [-0.05, 0) is 43.2 Å². The molecule has 0 spiro atoms. The first kappa shape index (κ1) is 13.6. The first-order valence-corrected chi connectivity index (χ1v) is 7.67. The van der Waals surface area contributed by atoms with E-state index in [0.717, 1.165) is 24.9 Å². The summed E-state index contributed by atoms with van der Waals surface area (Å²) in [6.45, 7) is 4.55. The van der Waals surface area contributed by atoms with Gasteiger partial charge >= 0.3 is 0 Å². The Hall–Kier alpha value is -0.820. The van der Waals surface area contributed by atoms with Crippen LogP contribution in [0.25, 0.3) is 0 Å². The lowest BCUT2D eigenvalue weighted by Gasteiger charge is -2.31. The highest BCUT2D eigenvalue weighted by Crippen LogP contribution is 2.35. The zero-order valence-electron chi connectivity index (χ0n) is 11.7. The Morgan fingerprint density at radius 3 is 2.50 bits per heavy atom. The molecule has 1 aromatic carbocycles. The van der Waals surface area contributed by atoms with Gasteiger partial charge in [0.05, 0.1) is 0 Å². The van der Waals surface area contributed by atoms with Gasteiger partial charge in [-0.3, -0.25) is 0 Å². The van der Waals surface area contributed by atoms with Crippen LogP contribution >= 0.6 is 0 Å². The van der Waals surface area contributed by atoms with E-state index in [-0.39, 0.29) is 0 Å². The van der Waals surface area contributed by atoms with Gasteiger partial charge in [-0.2, -0.15) is 0 Å². The van der Waals surface area contributed by atoms with Crippen LogP contribution in [0.3, 0.4) is 0 Å². The summed E-state index contributed by atoms with van der Waals surface area (Å²) >= 11 is 0. The number of hydrogen-bond donors (Lipinski definition) is 1. The minimum Gasteiger partial charge on any atom is -0.316 e. The Bertz CT molecular complexity index is 314. The number of nitrogens with one attached hydrogen (secondary N) is 1. The molecule has 0 amide bonds. The molecule has 0 bridgehead atoms. The van der Waals surface area contributed by atoms with E-state index in [4.69, 9.17) is 0 Å². The molecule has 2 rings (SSSR count). The zero-order valence-corrected chi connectivity index (χ0v) is 11.7. The SMILES string of the molecule is CCCNCC(c1ccccc1)C1CCCCC1. The molecular weight excluding hydrogens is 218 g/mol. The number of rotatable bonds is 6. The first-order valence-electron chi connectivity index (χ1n) is 7.67. The molecule has 0 radical (unpaired) electrons. The first-order chi connectivity index (χ1) is 8.92. The summed E-state index contributed by atoms with van der Waals surface area (Å²) in [5.41, 5.74) is 1.54. The van der Waals surface area contributed by atoms with Crippen molar-refractivity contribution in [3.8, 4) is 0 Å². The lowest BCUT2D eigenvalue weighted by atomic mass is 9.77. The molecule has 0 saturated heterocycles. The summed E-state index contributed by atoms with van der Waals surface area (Å²) in [4.78, 5) is 0. The van der Waals surface area contributed by atoms with Gasteiger partial charge in [0.2, 0.25) is 0 Å². The van der Waals surface area contributed by atoms with Crippen LogP contribution in [-0.2, 0) is 0 Å². The van der Waals surface area contributed by atoms with Gasteiger partial charge in [0.25, 0.3) is 0 Å². The maximum absolute atomic E-state index is 3.63. The second-order valence-electron chi connectivity index (χ2n) is 5.62. The minimum absolute atomic E-state index is 0.720. The Balaban J connectivity index is 2.01. The molecule has 100 valence electrons. The van der Waals surface area contributed by atoms with Crippen molar-refractivity contribution in [2.75, 3.05) is 13.1 Å². The largest absolute Gasteiger partial charge is 0.316 e. The summed E-state index contributed by atoms with van der Waals surface area (Å²) in [5.74, 6) is 1.61. The predicted molar refractivity (Wildman–Crippen MR) is 78.9 cm³/mol. The van der Waals surface area contributed by atoms with E-state index >= 15 is 0 Å². The molecule has 1 nitrogen and oxygen atoms in total. The topological polar surface area (TPSA) is 12.0 Å².